The number of thioether (sulfide) groups is 1. The molecular formula is C18H20N4O3S. The maximum atomic E-state index is 12.7. The molecule has 0 unspecified atom stereocenters. The Bertz CT molecular complexity index is 876. The van der Waals surface area contributed by atoms with Gasteiger partial charge in [-0.3, -0.25) is 9.59 Å². The van der Waals surface area contributed by atoms with Gasteiger partial charge in [-0.15, -0.1) is 10.2 Å². The van der Waals surface area contributed by atoms with Crippen molar-refractivity contribution in [3.8, 4) is 11.6 Å². The SMILES string of the molecule is C/C=C\C=C(/C)NC(=O)C1(Sc2nnc(-c3ccco3)n2C(C)=O)CC1. The lowest BCUT2D eigenvalue weighted by atomic mass is 10.3. The van der Waals surface area contributed by atoms with E-state index in [1.54, 1.807) is 12.1 Å². The van der Waals surface area contributed by atoms with E-state index >= 15 is 0 Å². The van der Waals surface area contributed by atoms with Gasteiger partial charge in [-0.1, -0.05) is 23.9 Å². The molecule has 8 heteroatoms. The van der Waals surface area contributed by atoms with Crippen LogP contribution in [0, 0.1) is 0 Å². The summed E-state index contributed by atoms with van der Waals surface area (Å²) >= 11 is 1.27. The quantitative estimate of drug-likeness (QED) is 0.782. The topological polar surface area (TPSA) is 90.0 Å². The normalized spacial score (nSPS) is 16.0. The Morgan fingerprint density at radius 2 is 2.12 bits per heavy atom. The molecular weight excluding hydrogens is 352 g/mol. The van der Waals surface area contributed by atoms with Gasteiger partial charge >= 0.3 is 0 Å². The van der Waals surface area contributed by atoms with E-state index < -0.39 is 4.75 Å². The number of aromatic nitrogens is 3. The highest BCUT2D eigenvalue weighted by molar-refractivity contribution is 8.01. The van der Waals surface area contributed by atoms with E-state index in [1.807, 2.05) is 32.1 Å². The third kappa shape index (κ3) is 3.65. The minimum Gasteiger partial charge on any atom is -0.461 e. The van der Waals surface area contributed by atoms with Crippen LogP contribution in [0.2, 0.25) is 0 Å². The molecule has 2 aromatic rings. The fourth-order valence-corrected chi connectivity index (χ4v) is 3.61. The Hall–Kier alpha value is -2.61. The summed E-state index contributed by atoms with van der Waals surface area (Å²) in [5.74, 6) is 0.479. The Kier molecular flexibility index (Phi) is 5.13. The minimum atomic E-state index is -0.619. The largest absolute Gasteiger partial charge is 0.461 e. The van der Waals surface area contributed by atoms with E-state index in [9.17, 15) is 9.59 Å². The average Bonchev–Trinajstić information content (AvgIpc) is 3.01. The van der Waals surface area contributed by atoms with Crippen LogP contribution >= 0.6 is 11.8 Å². The molecule has 0 aromatic carbocycles. The van der Waals surface area contributed by atoms with Crippen LogP contribution in [0.3, 0.4) is 0 Å². The summed E-state index contributed by atoms with van der Waals surface area (Å²) in [4.78, 5) is 24.8. The zero-order chi connectivity index (χ0) is 18.7. The first-order chi connectivity index (χ1) is 12.5. The molecule has 1 aliphatic carbocycles. The number of nitrogens with one attached hydrogen (secondary N) is 1. The molecule has 3 rings (SSSR count). The van der Waals surface area contributed by atoms with Crippen LogP contribution in [-0.4, -0.2) is 31.3 Å². The number of hydrogen-bond donors (Lipinski definition) is 1. The first-order valence-electron chi connectivity index (χ1n) is 8.27. The highest BCUT2D eigenvalue weighted by Crippen LogP contribution is 2.51. The molecule has 0 bridgehead atoms. The molecule has 1 fully saturated rings. The van der Waals surface area contributed by atoms with Crippen LogP contribution in [0.4, 0.5) is 0 Å². The number of allylic oxidation sites excluding steroid dienone is 4. The van der Waals surface area contributed by atoms with Gasteiger partial charge in [-0.25, -0.2) is 4.57 Å². The number of carbonyl (C=O) groups is 2. The van der Waals surface area contributed by atoms with Gasteiger partial charge in [0.25, 0.3) is 0 Å². The molecule has 1 amide bonds. The second-order valence-electron chi connectivity index (χ2n) is 6.06. The van der Waals surface area contributed by atoms with Crippen molar-refractivity contribution in [2.75, 3.05) is 0 Å². The van der Waals surface area contributed by atoms with Crippen molar-refractivity contribution < 1.29 is 14.0 Å². The molecule has 26 heavy (non-hydrogen) atoms. The van der Waals surface area contributed by atoms with E-state index in [0.717, 1.165) is 18.5 Å². The van der Waals surface area contributed by atoms with E-state index in [2.05, 4.69) is 15.5 Å². The Morgan fingerprint density at radius 3 is 2.69 bits per heavy atom. The van der Waals surface area contributed by atoms with E-state index in [4.69, 9.17) is 4.42 Å². The van der Waals surface area contributed by atoms with Crippen molar-refractivity contribution in [3.05, 3.63) is 42.3 Å². The molecule has 1 N–H and O–H groups in total. The molecule has 136 valence electrons. The van der Waals surface area contributed by atoms with Gasteiger partial charge in [0.15, 0.2) is 10.9 Å². The van der Waals surface area contributed by atoms with Gasteiger partial charge in [-0.05, 0) is 44.9 Å². The molecule has 0 spiro atoms. The van der Waals surface area contributed by atoms with Gasteiger partial charge in [0, 0.05) is 12.6 Å². The summed E-state index contributed by atoms with van der Waals surface area (Å²) in [7, 11) is 0. The zero-order valence-electron chi connectivity index (χ0n) is 14.9. The van der Waals surface area contributed by atoms with Crippen molar-refractivity contribution in [2.45, 2.75) is 43.5 Å². The maximum absolute atomic E-state index is 12.7. The zero-order valence-corrected chi connectivity index (χ0v) is 15.7. The first-order valence-corrected chi connectivity index (χ1v) is 9.09. The molecule has 0 aliphatic heterocycles. The third-order valence-corrected chi connectivity index (χ3v) is 5.37. The molecule has 2 heterocycles. The highest BCUT2D eigenvalue weighted by Gasteiger charge is 2.52. The number of hydrogen-bond acceptors (Lipinski definition) is 6. The summed E-state index contributed by atoms with van der Waals surface area (Å²) in [5, 5.41) is 11.5. The fourth-order valence-electron chi connectivity index (χ4n) is 2.42. The van der Waals surface area contributed by atoms with Crippen molar-refractivity contribution in [3.63, 3.8) is 0 Å². The monoisotopic (exact) mass is 372 g/mol. The molecule has 1 aliphatic rings. The van der Waals surface area contributed by atoms with E-state index in [1.165, 1.54) is 29.5 Å². The second-order valence-corrected chi connectivity index (χ2v) is 7.41. The van der Waals surface area contributed by atoms with Gasteiger partial charge in [-0.2, -0.15) is 0 Å². The second kappa shape index (κ2) is 7.33. The van der Waals surface area contributed by atoms with Crippen LogP contribution < -0.4 is 5.32 Å². The molecule has 1 saturated carbocycles. The smallest absolute Gasteiger partial charge is 0.240 e. The summed E-state index contributed by atoms with van der Waals surface area (Å²) in [6, 6.07) is 3.43. The number of carbonyl (C=O) groups excluding carboxylic acids is 2. The average molecular weight is 372 g/mol. The predicted molar refractivity (Wildman–Crippen MR) is 98.6 cm³/mol. The van der Waals surface area contributed by atoms with Gasteiger partial charge in [0.1, 0.15) is 4.75 Å². The summed E-state index contributed by atoms with van der Waals surface area (Å²) in [6.45, 7) is 5.18. The Balaban J connectivity index is 1.83. The van der Waals surface area contributed by atoms with Crippen LogP contribution in [0.5, 0.6) is 0 Å². The standard InChI is InChI=1S/C18H20N4O3S/c1-4-5-7-12(2)19-16(24)18(9-10-18)26-17-21-20-15(22(17)13(3)23)14-8-6-11-25-14/h4-8,11H,9-10H2,1-3H3,(H,19,24)/b5-4-,12-7+. The summed E-state index contributed by atoms with van der Waals surface area (Å²) < 4.78 is 6.10. The Labute approximate surface area is 155 Å². The fraction of sp³-hybridized carbons (Fsp3) is 0.333. The van der Waals surface area contributed by atoms with Gasteiger partial charge < -0.3 is 9.73 Å². The van der Waals surface area contributed by atoms with Crippen molar-refractivity contribution in [1.82, 2.24) is 20.1 Å². The maximum Gasteiger partial charge on any atom is 0.240 e. The number of furan rings is 1. The molecule has 0 saturated heterocycles. The minimum absolute atomic E-state index is 0.0848. The first kappa shape index (κ1) is 18.2. The predicted octanol–water partition coefficient (Wildman–Crippen LogP) is 3.42. The lowest BCUT2D eigenvalue weighted by Gasteiger charge is -2.14. The van der Waals surface area contributed by atoms with Crippen LogP contribution in [-0.2, 0) is 4.79 Å². The number of rotatable bonds is 6. The van der Waals surface area contributed by atoms with Crippen molar-refractivity contribution in [2.24, 2.45) is 0 Å². The van der Waals surface area contributed by atoms with Gasteiger partial charge in [0.2, 0.25) is 17.6 Å². The molecule has 7 nitrogen and oxygen atoms in total. The van der Waals surface area contributed by atoms with Gasteiger partial charge in [0.05, 0.1) is 6.26 Å². The lowest BCUT2D eigenvalue weighted by Crippen LogP contribution is -2.33. The van der Waals surface area contributed by atoms with Crippen LogP contribution in [0.25, 0.3) is 11.6 Å². The number of amides is 1. The molecule has 0 atom stereocenters. The highest BCUT2D eigenvalue weighted by atomic mass is 32.2. The van der Waals surface area contributed by atoms with Crippen LogP contribution in [0.15, 0.2) is 51.9 Å². The summed E-state index contributed by atoms with van der Waals surface area (Å²) in [6.07, 6.45) is 8.55. The van der Waals surface area contributed by atoms with Crippen LogP contribution in [0.1, 0.15) is 38.4 Å². The number of nitrogens with zero attached hydrogens (tertiary/aromatic N) is 3. The van der Waals surface area contributed by atoms with Crippen molar-refractivity contribution in [1.29, 1.82) is 0 Å². The molecule has 0 radical (unpaired) electrons. The third-order valence-electron chi connectivity index (χ3n) is 3.94. The lowest BCUT2D eigenvalue weighted by molar-refractivity contribution is -0.120. The summed E-state index contributed by atoms with van der Waals surface area (Å²) in [5.41, 5.74) is 0.768. The van der Waals surface area contributed by atoms with E-state index in [-0.39, 0.29) is 11.8 Å². The van der Waals surface area contributed by atoms with E-state index in [0.29, 0.717) is 16.7 Å². The van der Waals surface area contributed by atoms with Crippen molar-refractivity contribution >= 4 is 23.6 Å². The Morgan fingerprint density at radius 1 is 1.35 bits per heavy atom. The molecule has 2 aromatic heterocycles.